The fourth-order valence-corrected chi connectivity index (χ4v) is 3.05. The molecule has 4 nitrogen and oxygen atoms in total. The summed E-state index contributed by atoms with van der Waals surface area (Å²) in [4.78, 5) is 2.28. The highest BCUT2D eigenvalue weighted by Gasteiger charge is 2.46. The summed E-state index contributed by atoms with van der Waals surface area (Å²) in [6.45, 7) is 5.74. The van der Waals surface area contributed by atoms with Crippen molar-refractivity contribution in [2.45, 2.75) is 50.7 Å². The molecule has 1 heterocycles. The number of ether oxygens (including phenoxy) is 1. The van der Waals surface area contributed by atoms with E-state index in [1.807, 2.05) is 0 Å². The first kappa shape index (κ1) is 14.8. The van der Waals surface area contributed by atoms with E-state index < -0.39 is 0 Å². The normalized spacial score (nSPS) is 26.3. The summed E-state index contributed by atoms with van der Waals surface area (Å²) >= 11 is 0. The highest BCUT2D eigenvalue weighted by molar-refractivity contribution is 5.16. The largest absolute Gasteiger partial charge is 0.377 e. The van der Waals surface area contributed by atoms with Crippen LogP contribution in [0.3, 0.4) is 0 Å². The van der Waals surface area contributed by atoms with Gasteiger partial charge in [0.2, 0.25) is 0 Å². The quantitative estimate of drug-likeness (QED) is 0.726. The molecule has 2 unspecified atom stereocenters. The van der Waals surface area contributed by atoms with Crippen molar-refractivity contribution in [2.24, 2.45) is 5.92 Å². The zero-order chi connectivity index (χ0) is 13.7. The maximum atomic E-state index is 9.65. The average molecular weight is 265 g/mol. The minimum absolute atomic E-state index is 0.344. The first-order valence-corrected chi connectivity index (χ1v) is 7.66. The molecule has 1 aliphatic heterocycles. The minimum atomic E-state index is -0.344. The zero-order valence-corrected chi connectivity index (χ0v) is 12.3. The molecule has 1 aliphatic carbocycles. The lowest BCUT2D eigenvalue weighted by atomic mass is 9.93. The van der Waals surface area contributed by atoms with Gasteiger partial charge in [-0.3, -0.25) is 5.32 Å². The second kappa shape index (κ2) is 6.69. The molecule has 0 radical (unpaired) electrons. The third-order valence-corrected chi connectivity index (χ3v) is 4.22. The Kier molecular flexibility index (Phi) is 5.20. The third kappa shape index (κ3) is 3.92. The minimum Gasteiger partial charge on any atom is -0.377 e. The van der Waals surface area contributed by atoms with Gasteiger partial charge < -0.3 is 9.64 Å². The number of hydrogen-bond donors (Lipinski definition) is 1. The Morgan fingerprint density at radius 3 is 2.74 bits per heavy atom. The lowest BCUT2D eigenvalue weighted by Crippen LogP contribution is -2.54. The lowest BCUT2D eigenvalue weighted by molar-refractivity contribution is 0.0735. The molecule has 19 heavy (non-hydrogen) atoms. The van der Waals surface area contributed by atoms with Gasteiger partial charge in [-0.15, -0.1) is 0 Å². The van der Waals surface area contributed by atoms with Gasteiger partial charge in [0.05, 0.1) is 12.2 Å². The highest BCUT2D eigenvalue weighted by atomic mass is 16.5. The predicted octanol–water partition coefficient (Wildman–Crippen LogP) is 1.77. The first-order chi connectivity index (χ1) is 9.20. The molecule has 1 saturated carbocycles. The van der Waals surface area contributed by atoms with Crippen LogP contribution >= 0.6 is 0 Å². The molecule has 108 valence electrons. The van der Waals surface area contributed by atoms with Crippen LogP contribution in [0.2, 0.25) is 0 Å². The van der Waals surface area contributed by atoms with Gasteiger partial charge >= 0.3 is 0 Å². The summed E-state index contributed by atoms with van der Waals surface area (Å²) in [7, 11) is 2.11. The number of likely N-dealkylation sites (N-methyl/N-ethyl adjacent to an activating group) is 1. The van der Waals surface area contributed by atoms with Crippen molar-refractivity contribution >= 4 is 0 Å². The molecule has 2 atom stereocenters. The van der Waals surface area contributed by atoms with Gasteiger partial charge in [0.15, 0.2) is 0 Å². The summed E-state index contributed by atoms with van der Waals surface area (Å²) in [5.74, 6) is 0.538. The van der Waals surface area contributed by atoms with E-state index in [0.29, 0.717) is 12.0 Å². The Hall–Kier alpha value is -0.630. The molecule has 0 aromatic rings. The SMILES string of the molecule is CCCNC(C#N)(CN(C)CC1CCCO1)C1CC1. The number of nitrogens with one attached hydrogen (secondary N) is 1. The van der Waals surface area contributed by atoms with Crippen LogP contribution in [0.1, 0.15) is 39.0 Å². The van der Waals surface area contributed by atoms with Crippen molar-refractivity contribution < 1.29 is 4.74 Å². The van der Waals surface area contributed by atoms with E-state index in [1.54, 1.807) is 0 Å². The average Bonchev–Trinajstić information content (AvgIpc) is 3.14. The summed E-state index contributed by atoms with van der Waals surface area (Å²) in [5.41, 5.74) is -0.344. The van der Waals surface area contributed by atoms with E-state index in [0.717, 1.165) is 39.1 Å². The fraction of sp³-hybridized carbons (Fsp3) is 0.933. The molecular weight excluding hydrogens is 238 g/mol. The van der Waals surface area contributed by atoms with Crippen molar-refractivity contribution in [1.82, 2.24) is 10.2 Å². The van der Waals surface area contributed by atoms with Crippen LogP contribution in [0.15, 0.2) is 0 Å². The van der Waals surface area contributed by atoms with Crippen LogP contribution in [0.4, 0.5) is 0 Å². The van der Waals surface area contributed by atoms with Crippen molar-refractivity contribution in [3.8, 4) is 6.07 Å². The highest BCUT2D eigenvalue weighted by Crippen LogP contribution is 2.40. The van der Waals surface area contributed by atoms with Gasteiger partial charge in [-0.05, 0) is 51.6 Å². The molecule has 2 aliphatic rings. The van der Waals surface area contributed by atoms with Crippen LogP contribution in [0.25, 0.3) is 0 Å². The third-order valence-electron chi connectivity index (χ3n) is 4.22. The number of nitrogens with zero attached hydrogens (tertiary/aromatic N) is 2. The topological polar surface area (TPSA) is 48.3 Å². The maximum absolute atomic E-state index is 9.65. The van der Waals surface area contributed by atoms with Crippen molar-refractivity contribution in [2.75, 3.05) is 33.3 Å². The van der Waals surface area contributed by atoms with Crippen LogP contribution in [0, 0.1) is 17.2 Å². The Labute approximate surface area is 117 Å². The Morgan fingerprint density at radius 1 is 1.42 bits per heavy atom. The second-order valence-corrected chi connectivity index (χ2v) is 6.12. The lowest BCUT2D eigenvalue weighted by Gasteiger charge is -2.33. The van der Waals surface area contributed by atoms with Gasteiger partial charge in [-0.25, -0.2) is 0 Å². The molecule has 1 saturated heterocycles. The molecule has 1 N–H and O–H groups in total. The smallest absolute Gasteiger partial charge is 0.122 e. The van der Waals surface area contributed by atoms with E-state index in [4.69, 9.17) is 4.74 Å². The van der Waals surface area contributed by atoms with Gasteiger partial charge in [0.1, 0.15) is 5.54 Å². The molecule has 0 aromatic heterocycles. The van der Waals surface area contributed by atoms with E-state index in [9.17, 15) is 5.26 Å². The summed E-state index contributed by atoms with van der Waals surface area (Å²) < 4.78 is 5.68. The second-order valence-electron chi connectivity index (χ2n) is 6.12. The standard InChI is InChI=1S/C15H27N3O/c1-3-8-17-15(11-16,13-6-7-13)12-18(2)10-14-5-4-9-19-14/h13-14,17H,3-10,12H2,1-2H3. The molecule has 2 fully saturated rings. The van der Waals surface area contributed by atoms with Gasteiger partial charge in [-0.2, -0.15) is 5.26 Å². The van der Waals surface area contributed by atoms with E-state index in [1.165, 1.54) is 19.3 Å². The van der Waals surface area contributed by atoms with Crippen molar-refractivity contribution in [3.63, 3.8) is 0 Å². The van der Waals surface area contributed by atoms with Gasteiger partial charge in [0.25, 0.3) is 0 Å². The fourth-order valence-electron chi connectivity index (χ4n) is 3.05. The molecule has 0 spiro atoms. The molecule has 0 bridgehead atoms. The molecule has 0 amide bonds. The zero-order valence-electron chi connectivity index (χ0n) is 12.3. The van der Waals surface area contributed by atoms with Crippen LogP contribution in [0.5, 0.6) is 0 Å². The first-order valence-electron chi connectivity index (χ1n) is 7.66. The van der Waals surface area contributed by atoms with Gasteiger partial charge in [-0.1, -0.05) is 6.92 Å². The molecular formula is C15H27N3O. The summed E-state index contributed by atoms with van der Waals surface area (Å²) in [6, 6.07) is 2.57. The predicted molar refractivity (Wildman–Crippen MR) is 75.8 cm³/mol. The van der Waals surface area contributed by atoms with Crippen LogP contribution < -0.4 is 5.32 Å². The number of rotatable bonds is 8. The molecule has 0 aromatic carbocycles. The van der Waals surface area contributed by atoms with E-state index >= 15 is 0 Å². The Morgan fingerprint density at radius 2 is 2.21 bits per heavy atom. The number of nitriles is 1. The van der Waals surface area contributed by atoms with Crippen molar-refractivity contribution in [3.05, 3.63) is 0 Å². The maximum Gasteiger partial charge on any atom is 0.122 e. The Bertz CT molecular complexity index is 318. The Balaban J connectivity index is 1.88. The van der Waals surface area contributed by atoms with E-state index in [2.05, 4.69) is 30.3 Å². The summed E-state index contributed by atoms with van der Waals surface area (Å²) in [5, 5.41) is 13.2. The van der Waals surface area contributed by atoms with Crippen molar-refractivity contribution in [1.29, 1.82) is 5.26 Å². The summed E-state index contributed by atoms with van der Waals surface area (Å²) in [6.07, 6.45) is 6.17. The van der Waals surface area contributed by atoms with E-state index in [-0.39, 0.29) is 5.54 Å². The van der Waals surface area contributed by atoms with Crippen LogP contribution in [-0.2, 0) is 4.74 Å². The molecule has 2 rings (SSSR count). The monoisotopic (exact) mass is 265 g/mol. The van der Waals surface area contributed by atoms with Crippen LogP contribution in [-0.4, -0.2) is 49.8 Å². The van der Waals surface area contributed by atoms with Gasteiger partial charge in [0, 0.05) is 19.7 Å². The molecule has 4 heteroatoms. The number of hydrogen-bond acceptors (Lipinski definition) is 4.